The van der Waals surface area contributed by atoms with Crippen molar-refractivity contribution in [3.63, 3.8) is 0 Å². The van der Waals surface area contributed by atoms with Crippen LogP contribution < -0.4 is 14.8 Å². The summed E-state index contributed by atoms with van der Waals surface area (Å²) in [4.78, 5) is 12.2. The number of nitrogens with zero attached hydrogens (tertiary/aromatic N) is 1. The van der Waals surface area contributed by atoms with Crippen molar-refractivity contribution in [1.82, 2.24) is 0 Å². The lowest BCUT2D eigenvalue weighted by molar-refractivity contribution is -0.112. The van der Waals surface area contributed by atoms with Gasteiger partial charge in [-0.3, -0.25) is 4.79 Å². The highest BCUT2D eigenvalue weighted by Gasteiger charge is 2.17. The zero-order chi connectivity index (χ0) is 17.1. The maximum atomic E-state index is 12.2. The molecule has 0 aromatic heterocycles. The molecule has 0 aliphatic carbocycles. The van der Waals surface area contributed by atoms with Gasteiger partial charge in [-0.25, -0.2) is 0 Å². The molecule has 7 heteroatoms. The van der Waals surface area contributed by atoms with E-state index in [2.05, 4.69) is 5.32 Å². The van der Waals surface area contributed by atoms with E-state index in [4.69, 9.17) is 21.1 Å². The fourth-order valence-electron chi connectivity index (χ4n) is 2.09. The summed E-state index contributed by atoms with van der Waals surface area (Å²) in [6.45, 7) is 0.102. The van der Waals surface area contributed by atoms with Crippen molar-refractivity contribution < 1.29 is 19.4 Å². The minimum atomic E-state index is -0.586. The second kappa shape index (κ2) is 6.52. The third-order valence-corrected chi connectivity index (χ3v) is 3.61. The van der Waals surface area contributed by atoms with Crippen molar-refractivity contribution in [2.75, 3.05) is 12.1 Å². The molecule has 24 heavy (non-hydrogen) atoms. The Morgan fingerprint density at radius 1 is 1.25 bits per heavy atom. The van der Waals surface area contributed by atoms with Gasteiger partial charge in [-0.1, -0.05) is 11.6 Å². The molecule has 2 aromatic rings. The van der Waals surface area contributed by atoms with E-state index in [1.54, 1.807) is 12.1 Å². The Morgan fingerprint density at radius 2 is 1.92 bits per heavy atom. The molecule has 0 bridgehead atoms. The molecule has 0 radical (unpaired) electrons. The number of phenols is 1. The highest BCUT2D eigenvalue weighted by Crippen LogP contribution is 2.37. The monoisotopic (exact) mass is 342 g/mol. The van der Waals surface area contributed by atoms with Gasteiger partial charge in [-0.15, -0.1) is 0 Å². The Balaban J connectivity index is 1.85. The molecule has 0 saturated carbocycles. The standard InChI is InChI=1S/C17H11ClN2O4/c18-14-7-16-15(23-9-24-16)6-10(14)5-11(8-19)17(22)20-12-1-3-13(21)4-2-12/h1-7,21H,9H2,(H,20,22)/b11-5+. The Bertz CT molecular complexity index is 869. The second-order valence-corrected chi connectivity index (χ2v) is 5.30. The van der Waals surface area contributed by atoms with E-state index in [0.717, 1.165) is 0 Å². The summed E-state index contributed by atoms with van der Waals surface area (Å²) in [6, 6.07) is 10.9. The average Bonchev–Trinajstić information content (AvgIpc) is 3.01. The van der Waals surface area contributed by atoms with Gasteiger partial charge in [0.25, 0.3) is 5.91 Å². The van der Waals surface area contributed by atoms with Crippen molar-refractivity contribution in [2.24, 2.45) is 0 Å². The van der Waals surface area contributed by atoms with Crippen LogP contribution in [0.1, 0.15) is 5.56 Å². The van der Waals surface area contributed by atoms with Crippen molar-refractivity contribution in [2.45, 2.75) is 0 Å². The summed E-state index contributed by atoms with van der Waals surface area (Å²) in [7, 11) is 0. The first-order valence-corrected chi connectivity index (χ1v) is 7.26. The van der Waals surface area contributed by atoms with Crippen LogP contribution in [0.3, 0.4) is 0 Å². The van der Waals surface area contributed by atoms with E-state index >= 15 is 0 Å². The van der Waals surface area contributed by atoms with Gasteiger partial charge >= 0.3 is 0 Å². The third kappa shape index (κ3) is 3.26. The maximum absolute atomic E-state index is 12.2. The highest BCUT2D eigenvalue weighted by molar-refractivity contribution is 6.32. The molecule has 1 amide bonds. The lowest BCUT2D eigenvalue weighted by atomic mass is 10.1. The van der Waals surface area contributed by atoms with Crippen LogP contribution >= 0.6 is 11.6 Å². The fraction of sp³-hybridized carbons (Fsp3) is 0.0588. The predicted molar refractivity (Wildman–Crippen MR) is 87.9 cm³/mol. The first kappa shape index (κ1) is 15.7. The molecule has 2 N–H and O–H groups in total. The van der Waals surface area contributed by atoms with E-state index in [1.165, 1.54) is 30.3 Å². The summed E-state index contributed by atoms with van der Waals surface area (Å²) in [6.07, 6.45) is 1.38. The number of carbonyl (C=O) groups excluding carboxylic acids is 1. The van der Waals surface area contributed by atoms with Crippen LogP contribution in [0, 0.1) is 11.3 Å². The lowest BCUT2D eigenvalue weighted by Crippen LogP contribution is -2.13. The van der Waals surface area contributed by atoms with Gasteiger partial charge in [-0.05, 0) is 42.0 Å². The second-order valence-electron chi connectivity index (χ2n) is 4.90. The number of hydrogen-bond donors (Lipinski definition) is 2. The SMILES string of the molecule is N#C/C(=C\c1cc2c(cc1Cl)OCO2)C(=O)Nc1ccc(O)cc1. The average molecular weight is 343 g/mol. The zero-order valence-corrected chi connectivity index (χ0v) is 13.0. The number of rotatable bonds is 3. The van der Waals surface area contributed by atoms with Gasteiger partial charge in [0.2, 0.25) is 6.79 Å². The number of fused-ring (bicyclic) bond motifs is 1. The van der Waals surface area contributed by atoms with Crippen LogP contribution in [0.15, 0.2) is 42.0 Å². The smallest absolute Gasteiger partial charge is 0.266 e. The molecule has 1 aliphatic rings. The van der Waals surface area contributed by atoms with Crippen LogP contribution in [0.4, 0.5) is 5.69 Å². The Hall–Kier alpha value is -3.17. The number of carbonyl (C=O) groups is 1. The van der Waals surface area contributed by atoms with E-state index in [-0.39, 0.29) is 18.1 Å². The molecule has 1 aliphatic heterocycles. The molecular formula is C17H11ClN2O4. The van der Waals surface area contributed by atoms with Crippen molar-refractivity contribution >= 4 is 29.3 Å². The summed E-state index contributed by atoms with van der Waals surface area (Å²) in [5, 5.41) is 21.4. The maximum Gasteiger partial charge on any atom is 0.266 e. The summed E-state index contributed by atoms with van der Waals surface area (Å²) < 4.78 is 10.5. The van der Waals surface area contributed by atoms with Gasteiger partial charge in [0.1, 0.15) is 17.4 Å². The number of nitriles is 1. The number of phenolic OH excluding ortho intramolecular Hbond substituents is 1. The van der Waals surface area contributed by atoms with Gasteiger partial charge in [0.05, 0.1) is 5.02 Å². The van der Waals surface area contributed by atoms with E-state index < -0.39 is 5.91 Å². The quantitative estimate of drug-likeness (QED) is 0.507. The van der Waals surface area contributed by atoms with Crippen LogP contribution in [-0.4, -0.2) is 17.8 Å². The van der Waals surface area contributed by atoms with Crippen molar-refractivity contribution in [3.8, 4) is 23.3 Å². The summed E-state index contributed by atoms with van der Waals surface area (Å²) in [5.74, 6) is 0.513. The first-order chi connectivity index (χ1) is 11.6. The molecular weight excluding hydrogens is 332 g/mol. The Morgan fingerprint density at radius 3 is 2.58 bits per heavy atom. The lowest BCUT2D eigenvalue weighted by Gasteiger charge is -2.05. The number of halogens is 1. The fourth-order valence-corrected chi connectivity index (χ4v) is 2.30. The van der Waals surface area contributed by atoms with E-state index in [0.29, 0.717) is 27.8 Å². The first-order valence-electron chi connectivity index (χ1n) is 6.88. The molecule has 0 fully saturated rings. The number of anilines is 1. The minimum absolute atomic E-state index is 0.0798. The normalized spacial score (nSPS) is 12.6. The predicted octanol–water partition coefficient (Wildman–Crippen LogP) is 3.32. The largest absolute Gasteiger partial charge is 0.508 e. The molecule has 0 unspecified atom stereocenters. The van der Waals surface area contributed by atoms with Gasteiger partial charge < -0.3 is 19.9 Å². The van der Waals surface area contributed by atoms with E-state index in [1.807, 2.05) is 6.07 Å². The van der Waals surface area contributed by atoms with Gasteiger partial charge in [-0.2, -0.15) is 5.26 Å². The molecule has 1 heterocycles. The topological polar surface area (TPSA) is 91.6 Å². The van der Waals surface area contributed by atoms with Gasteiger partial charge in [0.15, 0.2) is 11.5 Å². The summed E-state index contributed by atoms with van der Waals surface area (Å²) >= 11 is 6.14. The van der Waals surface area contributed by atoms with E-state index in [9.17, 15) is 15.2 Å². The van der Waals surface area contributed by atoms with Crippen LogP contribution in [0.2, 0.25) is 5.02 Å². The molecule has 0 saturated heterocycles. The summed E-state index contributed by atoms with van der Waals surface area (Å²) in [5.41, 5.74) is 0.804. The number of benzene rings is 2. The molecule has 0 spiro atoms. The third-order valence-electron chi connectivity index (χ3n) is 3.28. The Labute approximate surface area is 142 Å². The molecule has 2 aromatic carbocycles. The van der Waals surface area contributed by atoms with Crippen LogP contribution in [0.5, 0.6) is 17.2 Å². The van der Waals surface area contributed by atoms with Crippen molar-refractivity contribution in [3.05, 3.63) is 52.6 Å². The van der Waals surface area contributed by atoms with Crippen LogP contribution in [-0.2, 0) is 4.79 Å². The molecule has 120 valence electrons. The molecule has 3 rings (SSSR count). The zero-order valence-electron chi connectivity index (χ0n) is 12.2. The van der Waals surface area contributed by atoms with Gasteiger partial charge in [0, 0.05) is 11.8 Å². The molecule has 0 atom stereocenters. The number of amides is 1. The minimum Gasteiger partial charge on any atom is -0.508 e. The van der Waals surface area contributed by atoms with Crippen molar-refractivity contribution in [1.29, 1.82) is 5.26 Å². The van der Waals surface area contributed by atoms with Crippen LogP contribution in [0.25, 0.3) is 6.08 Å². The number of hydrogen-bond acceptors (Lipinski definition) is 5. The molecule has 6 nitrogen and oxygen atoms in total. The number of aromatic hydroxyl groups is 1. The number of ether oxygens (including phenoxy) is 2. The Kier molecular flexibility index (Phi) is 4.27. The highest BCUT2D eigenvalue weighted by atomic mass is 35.5. The number of nitrogens with one attached hydrogen (secondary N) is 1.